The number of nitrogens with zero attached hydrogens (tertiary/aromatic N) is 5. The monoisotopic (exact) mass is 467 g/mol. The lowest BCUT2D eigenvalue weighted by atomic mass is 10.1. The summed E-state index contributed by atoms with van der Waals surface area (Å²) >= 11 is 0. The lowest BCUT2D eigenvalue weighted by molar-refractivity contribution is 0.0746. The molecule has 0 unspecified atom stereocenters. The van der Waals surface area contributed by atoms with Gasteiger partial charge in [0.05, 0.1) is 11.0 Å². The lowest BCUT2D eigenvalue weighted by Gasteiger charge is -2.35. The number of amidine groups is 1. The fourth-order valence-electron chi connectivity index (χ4n) is 4.58. The minimum Gasteiger partial charge on any atom is -0.384 e. The number of nitrogens with one attached hydrogen (secondary N) is 1. The molecule has 3 heterocycles. The van der Waals surface area contributed by atoms with Gasteiger partial charge in [-0.15, -0.1) is 0 Å². The highest BCUT2D eigenvalue weighted by molar-refractivity contribution is 5.97. The van der Waals surface area contributed by atoms with Crippen molar-refractivity contribution >= 4 is 28.6 Å². The molecule has 2 aromatic carbocycles. The molecule has 8 nitrogen and oxygen atoms in total. The quantitative estimate of drug-likeness (QED) is 0.335. The van der Waals surface area contributed by atoms with Gasteiger partial charge >= 0.3 is 0 Å². The fourth-order valence-corrected chi connectivity index (χ4v) is 4.58. The van der Waals surface area contributed by atoms with E-state index in [1.165, 1.54) is 5.56 Å². The van der Waals surface area contributed by atoms with Crippen molar-refractivity contribution in [3.8, 4) is 0 Å². The molecule has 0 saturated carbocycles. The van der Waals surface area contributed by atoms with E-state index in [0.29, 0.717) is 18.7 Å². The van der Waals surface area contributed by atoms with Crippen molar-refractivity contribution in [2.24, 2.45) is 12.8 Å². The Morgan fingerprint density at radius 3 is 2.40 bits per heavy atom. The predicted molar refractivity (Wildman–Crippen MR) is 138 cm³/mol. The Bertz CT molecular complexity index is 1350. The van der Waals surface area contributed by atoms with E-state index in [1.807, 2.05) is 72.6 Å². The van der Waals surface area contributed by atoms with Crippen LogP contribution in [0.15, 0.2) is 66.9 Å². The van der Waals surface area contributed by atoms with E-state index in [-0.39, 0.29) is 11.7 Å². The average Bonchev–Trinajstić information content (AvgIpc) is 3.22. The Morgan fingerprint density at radius 1 is 0.971 bits per heavy atom. The van der Waals surface area contributed by atoms with Crippen molar-refractivity contribution in [3.63, 3.8) is 0 Å². The summed E-state index contributed by atoms with van der Waals surface area (Å²) in [5, 5.41) is 7.52. The average molecular weight is 468 g/mol. The van der Waals surface area contributed by atoms with Crippen molar-refractivity contribution in [1.82, 2.24) is 19.4 Å². The molecule has 178 valence electrons. The van der Waals surface area contributed by atoms with Gasteiger partial charge in [-0.05, 0) is 42.3 Å². The summed E-state index contributed by atoms with van der Waals surface area (Å²) in [6, 6.07) is 19.5. The molecule has 3 N–H and O–H groups in total. The number of aromatic nitrogens is 3. The van der Waals surface area contributed by atoms with Gasteiger partial charge in [-0.3, -0.25) is 10.2 Å². The number of nitrogen functional groups attached to an aromatic ring is 1. The Morgan fingerprint density at radius 2 is 1.71 bits per heavy atom. The summed E-state index contributed by atoms with van der Waals surface area (Å²) in [4.78, 5) is 26.6. The third kappa shape index (κ3) is 4.73. The van der Waals surface area contributed by atoms with Gasteiger partial charge in [0, 0.05) is 57.0 Å². The van der Waals surface area contributed by atoms with Gasteiger partial charge < -0.3 is 20.1 Å². The van der Waals surface area contributed by atoms with E-state index >= 15 is 0 Å². The van der Waals surface area contributed by atoms with Gasteiger partial charge in [-0.25, -0.2) is 9.97 Å². The molecule has 0 bridgehead atoms. The molecule has 1 amide bonds. The minimum atomic E-state index is 0.0466. The number of imidazole rings is 1. The Balaban J connectivity index is 1.25. The van der Waals surface area contributed by atoms with Crippen molar-refractivity contribution in [1.29, 1.82) is 5.41 Å². The molecule has 1 saturated heterocycles. The van der Waals surface area contributed by atoms with Gasteiger partial charge in [-0.2, -0.15) is 0 Å². The van der Waals surface area contributed by atoms with Crippen molar-refractivity contribution in [2.45, 2.75) is 12.8 Å². The Labute approximate surface area is 204 Å². The number of aryl methyl sites for hydroxylation is 3. The topological polar surface area (TPSA) is 104 Å². The summed E-state index contributed by atoms with van der Waals surface area (Å²) in [6.07, 6.45) is 3.42. The molecule has 0 radical (unpaired) electrons. The van der Waals surface area contributed by atoms with Gasteiger partial charge in [0.1, 0.15) is 17.5 Å². The number of carbonyl (C=O) groups excluding carboxylic acids is 1. The third-order valence-electron chi connectivity index (χ3n) is 6.66. The van der Waals surface area contributed by atoms with E-state index in [0.717, 1.165) is 54.2 Å². The first kappa shape index (κ1) is 22.6. The highest BCUT2D eigenvalue weighted by atomic mass is 16.2. The maximum absolute atomic E-state index is 13.2. The summed E-state index contributed by atoms with van der Waals surface area (Å²) in [5.74, 6) is 2.05. The zero-order chi connectivity index (χ0) is 24.4. The van der Waals surface area contributed by atoms with Crippen LogP contribution in [-0.2, 0) is 19.9 Å². The second-order valence-electron chi connectivity index (χ2n) is 8.87. The number of fused-ring (bicyclic) bond motifs is 1. The standard InChI is InChI=1S/C27H29N7O/c1-32-23-11-10-21(27(35)34-16-14-33(15-17-34)24-4-2-3-13-30-24)18-22(23)31-25(32)12-7-19-5-8-20(9-6-19)26(28)29/h2-6,8-11,13,18H,7,12,14-17H2,1H3,(H3,28,29). The van der Waals surface area contributed by atoms with Gasteiger partial charge in [0.2, 0.25) is 0 Å². The third-order valence-corrected chi connectivity index (χ3v) is 6.66. The summed E-state index contributed by atoms with van der Waals surface area (Å²) in [5.41, 5.74) is 9.97. The molecule has 0 atom stereocenters. The summed E-state index contributed by atoms with van der Waals surface area (Å²) in [7, 11) is 2.02. The maximum atomic E-state index is 13.2. The zero-order valence-electron chi connectivity index (χ0n) is 19.8. The Kier molecular flexibility index (Phi) is 6.18. The number of hydrogen-bond donors (Lipinski definition) is 2. The smallest absolute Gasteiger partial charge is 0.254 e. The summed E-state index contributed by atoms with van der Waals surface area (Å²) < 4.78 is 2.10. The molecule has 1 fully saturated rings. The van der Waals surface area contributed by atoms with Gasteiger partial charge in [0.15, 0.2) is 0 Å². The molecule has 2 aromatic heterocycles. The van der Waals surface area contributed by atoms with Gasteiger partial charge in [0.25, 0.3) is 5.91 Å². The molecule has 4 aromatic rings. The van der Waals surface area contributed by atoms with Crippen molar-refractivity contribution in [2.75, 3.05) is 31.1 Å². The number of rotatable bonds is 6. The van der Waals surface area contributed by atoms with Crippen LogP contribution in [0.2, 0.25) is 0 Å². The normalized spacial score (nSPS) is 13.9. The van der Waals surface area contributed by atoms with E-state index in [2.05, 4.69) is 14.5 Å². The van der Waals surface area contributed by atoms with Crippen LogP contribution in [0, 0.1) is 5.41 Å². The number of amides is 1. The van der Waals surface area contributed by atoms with E-state index < -0.39 is 0 Å². The molecule has 0 spiro atoms. The van der Waals surface area contributed by atoms with E-state index in [4.69, 9.17) is 16.1 Å². The number of anilines is 1. The van der Waals surface area contributed by atoms with Crippen molar-refractivity contribution < 1.29 is 4.79 Å². The fraction of sp³-hybridized carbons (Fsp3) is 0.259. The second-order valence-corrected chi connectivity index (χ2v) is 8.87. The van der Waals surface area contributed by atoms with Crippen LogP contribution >= 0.6 is 0 Å². The molecule has 0 aliphatic carbocycles. The Hall–Kier alpha value is -4.20. The first-order chi connectivity index (χ1) is 17.0. The number of benzene rings is 2. The largest absolute Gasteiger partial charge is 0.384 e. The van der Waals surface area contributed by atoms with Crippen LogP contribution in [0.25, 0.3) is 11.0 Å². The SMILES string of the molecule is Cn1c(CCc2ccc(C(=N)N)cc2)nc2cc(C(=O)N3CCN(c4ccccn4)CC3)ccc21. The molecule has 1 aliphatic rings. The van der Waals surface area contributed by atoms with Crippen LogP contribution < -0.4 is 10.6 Å². The number of piperazine rings is 1. The number of nitrogens with two attached hydrogens (primary N) is 1. The second kappa shape index (κ2) is 9.58. The van der Waals surface area contributed by atoms with Crippen LogP contribution in [0.5, 0.6) is 0 Å². The maximum Gasteiger partial charge on any atom is 0.254 e. The molecule has 8 heteroatoms. The zero-order valence-corrected chi connectivity index (χ0v) is 19.8. The predicted octanol–water partition coefficient (Wildman–Crippen LogP) is 3.00. The van der Waals surface area contributed by atoms with Crippen LogP contribution in [0.1, 0.15) is 27.3 Å². The lowest BCUT2D eigenvalue weighted by Crippen LogP contribution is -2.49. The highest BCUT2D eigenvalue weighted by Crippen LogP contribution is 2.20. The van der Waals surface area contributed by atoms with E-state index in [1.54, 1.807) is 6.20 Å². The minimum absolute atomic E-state index is 0.0466. The summed E-state index contributed by atoms with van der Waals surface area (Å²) in [6.45, 7) is 2.88. The number of hydrogen-bond acceptors (Lipinski definition) is 5. The number of pyridine rings is 1. The molecule has 5 rings (SSSR count). The molecular weight excluding hydrogens is 438 g/mol. The molecule has 1 aliphatic heterocycles. The van der Waals surface area contributed by atoms with Crippen molar-refractivity contribution in [3.05, 3.63) is 89.4 Å². The highest BCUT2D eigenvalue weighted by Gasteiger charge is 2.23. The van der Waals surface area contributed by atoms with Crippen LogP contribution in [0.3, 0.4) is 0 Å². The molecular formula is C27H29N7O. The molecule has 35 heavy (non-hydrogen) atoms. The van der Waals surface area contributed by atoms with Gasteiger partial charge in [-0.1, -0.05) is 30.3 Å². The van der Waals surface area contributed by atoms with Crippen LogP contribution in [-0.4, -0.2) is 57.4 Å². The first-order valence-corrected chi connectivity index (χ1v) is 11.8. The first-order valence-electron chi connectivity index (χ1n) is 11.8. The van der Waals surface area contributed by atoms with Crippen LogP contribution in [0.4, 0.5) is 5.82 Å². The van der Waals surface area contributed by atoms with E-state index in [9.17, 15) is 4.79 Å². The number of carbonyl (C=O) groups is 1.